The molecule has 0 amide bonds. The van der Waals surface area contributed by atoms with Crippen molar-refractivity contribution in [1.29, 1.82) is 0 Å². The molecule has 3 nitrogen and oxygen atoms in total. The van der Waals surface area contributed by atoms with Gasteiger partial charge in [-0.2, -0.15) is 0 Å². The smallest absolute Gasteiger partial charge is 0.337 e. The van der Waals surface area contributed by atoms with Gasteiger partial charge in [-0.05, 0) is 6.92 Å². The lowest BCUT2D eigenvalue weighted by Gasteiger charge is -2.42. The molecule has 0 unspecified atom stereocenters. The minimum Gasteiger partial charge on any atom is -0.456 e. The largest absolute Gasteiger partial charge is 0.456 e. The predicted octanol–water partition coefficient (Wildman–Crippen LogP) is 2.23. The first kappa shape index (κ1) is 10.1. The number of esters is 1. The molecule has 0 fully saturated rings. The van der Waals surface area contributed by atoms with Crippen molar-refractivity contribution in [2.75, 3.05) is 0 Å². The SMILES string of the molecule is CC1=CC(=O)O[C@](C)(C(C)(C)C)O1. The van der Waals surface area contributed by atoms with Gasteiger partial charge in [0, 0.05) is 12.3 Å². The molecule has 0 aromatic heterocycles. The van der Waals surface area contributed by atoms with Gasteiger partial charge in [0.1, 0.15) is 5.76 Å². The summed E-state index contributed by atoms with van der Waals surface area (Å²) in [5.41, 5.74) is -0.238. The van der Waals surface area contributed by atoms with Crippen LogP contribution in [0.2, 0.25) is 0 Å². The first-order valence-electron chi connectivity index (χ1n) is 4.35. The Kier molecular flexibility index (Phi) is 2.14. The summed E-state index contributed by atoms with van der Waals surface area (Å²) < 4.78 is 10.7. The molecule has 0 aliphatic carbocycles. The maximum atomic E-state index is 11.2. The third-order valence-corrected chi connectivity index (χ3v) is 2.33. The summed E-state index contributed by atoms with van der Waals surface area (Å²) in [5, 5.41) is 0. The van der Waals surface area contributed by atoms with Crippen LogP contribution in [0.4, 0.5) is 0 Å². The minimum atomic E-state index is -0.858. The van der Waals surface area contributed by atoms with Gasteiger partial charge >= 0.3 is 5.97 Å². The molecular formula is C10H16O3. The topological polar surface area (TPSA) is 35.5 Å². The Balaban J connectivity index is 2.97. The van der Waals surface area contributed by atoms with Crippen molar-refractivity contribution in [1.82, 2.24) is 0 Å². The second-order valence-corrected chi connectivity index (χ2v) is 4.47. The molecule has 0 spiro atoms. The van der Waals surface area contributed by atoms with Gasteiger partial charge in [-0.25, -0.2) is 4.79 Å². The van der Waals surface area contributed by atoms with Crippen molar-refractivity contribution in [2.24, 2.45) is 5.41 Å². The zero-order chi connectivity index (χ0) is 10.3. The molecule has 1 aliphatic heterocycles. The van der Waals surface area contributed by atoms with E-state index in [-0.39, 0.29) is 11.4 Å². The van der Waals surface area contributed by atoms with E-state index in [0.29, 0.717) is 5.76 Å². The van der Waals surface area contributed by atoms with Crippen LogP contribution in [0.15, 0.2) is 11.8 Å². The van der Waals surface area contributed by atoms with Gasteiger partial charge in [0.15, 0.2) is 0 Å². The molecule has 0 aromatic carbocycles. The molecule has 0 radical (unpaired) electrons. The highest BCUT2D eigenvalue weighted by Crippen LogP contribution is 2.38. The number of carbonyl (C=O) groups is 1. The van der Waals surface area contributed by atoms with Crippen molar-refractivity contribution in [3.8, 4) is 0 Å². The number of carbonyl (C=O) groups excluding carboxylic acids is 1. The second kappa shape index (κ2) is 2.76. The number of rotatable bonds is 0. The van der Waals surface area contributed by atoms with Crippen LogP contribution < -0.4 is 0 Å². The van der Waals surface area contributed by atoms with Crippen molar-refractivity contribution in [2.45, 2.75) is 40.4 Å². The van der Waals surface area contributed by atoms with E-state index in [1.807, 2.05) is 20.8 Å². The number of ether oxygens (including phenoxy) is 2. The lowest BCUT2D eigenvalue weighted by Crippen LogP contribution is -2.48. The van der Waals surface area contributed by atoms with Crippen LogP contribution in [0.3, 0.4) is 0 Å². The van der Waals surface area contributed by atoms with E-state index in [4.69, 9.17) is 9.47 Å². The number of cyclic esters (lactones) is 1. The van der Waals surface area contributed by atoms with Gasteiger partial charge in [0.05, 0.1) is 6.08 Å². The van der Waals surface area contributed by atoms with Gasteiger partial charge in [-0.1, -0.05) is 20.8 Å². The highest BCUT2D eigenvalue weighted by atomic mass is 16.7. The van der Waals surface area contributed by atoms with E-state index in [0.717, 1.165) is 0 Å². The molecule has 3 heteroatoms. The predicted molar refractivity (Wildman–Crippen MR) is 48.8 cm³/mol. The molecular weight excluding hydrogens is 168 g/mol. The van der Waals surface area contributed by atoms with Crippen LogP contribution in [-0.4, -0.2) is 11.8 Å². The summed E-state index contributed by atoms with van der Waals surface area (Å²) in [7, 11) is 0. The molecule has 1 heterocycles. The lowest BCUT2D eigenvalue weighted by atomic mass is 9.86. The molecule has 0 saturated carbocycles. The van der Waals surface area contributed by atoms with E-state index in [2.05, 4.69) is 0 Å². The summed E-state index contributed by atoms with van der Waals surface area (Å²) >= 11 is 0. The Hall–Kier alpha value is -0.990. The molecule has 74 valence electrons. The zero-order valence-electron chi connectivity index (χ0n) is 8.80. The third kappa shape index (κ3) is 1.85. The fourth-order valence-corrected chi connectivity index (χ4v) is 1.05. The van der Waals surface area contributed by atoms with Gasteiger partial charge < -0.3 is 9.47 Å². The van der Waals surface area contributed by atoms with Crippen LogP contribution in [0.5, 0.6) is 0 Å². The molecule has 1 aliphatic rings. The highest BCUT2D eigenvalue weighted by Gasteiger charge is 2.45. The Morgan fingerprint density at radius 1 is 1.31 bits per heavy atom. The monoisotopic (exact) mass is 184 g/mol. The summed E-state index contributed by atoms with van der Waals surface area (Å²) in [4.78, 5) is 11.2. The maximum Gasteiger partial charge on any atom is 0.337 e. The summed E-state index contributed by atoms with van der Waals surface area (Å²) in [6.45, 7) is 9.45. The Morgan fingerprint density at radius 2 is 1.85 bits per heavy atom. The van der Waals surface area contributed by atoms with Crippen molar-refractivity contribution in [3.05, 3.63) is 11.8 Å². The molecule has 0 saturated heterocycles. The third-order valence-electron chi connectivity index (χ3n) is 2.33. The Labute approximate surface area is 78.7 Å². The highest BCUT2D eigenvalue weighted by molar-refractivity contribution is 5.83. The zero-order valence-corrected chi connectivity index (χ0v) is 8.80. The standard InChI is InChI=1S/C10H16O3/c1-7-6-8(11)13-10(5,12-7)9(2,3)4/h6H,1-5H3/t10-/m1/s1. The van der Waals surface area contributed by atoms with Gasteiger partial charge in [-0.15, -0.1) is 0 Å². The van der Waals surface area contributed by atoms with E-state index in [1.54, 1.807) is 13.8 Å². The van der Waals surface area contributed by atoms with Crippen LogP contribution in [-0.2, 0) is 14.3 Å². The van der Waals surface area contributed by atoms with E-state index >= 15 is 0 Å². The summed E-state index contributed by atoms with van der Waals surface area (Å²) in [6.07, 6.45) is 1.35. The Morgan fingerprint density at radius 3 is 2.23 bits per heavy atom. The van der Waals surface area contributed by atoms with Crippen molar-refractivity contribution < 1.29 is 14.3 Å². The first-order valence-corrected chi connectivity index (χ1v) is 4.35. The Bertz CT molecular complexity index is 260. The van der Waals surface area contributed by atoms with Crippen LogP contribution in [0.25, 0.3) is 0 Å². The maximum absolute atomic E-state index is 11.2. The number of hydrogen-bond donors (Lipinski definition) is 0. The van der Waals surface area contributed by atoms with Gasteiger partial charge in [0.25, 0.3) is 5.79 Å². The number of hydrogen-bond acceptors (Lipinski definition) is 3. The average Bonchev–Trinajstić information content (AvgIpc) is 1.79. The fourth-order valence-electron chi connectivity index (χ4n) is 1.05. The summed E-state index contributed by atoms with van der Waals surface area (Å²) in [6, 6.07) is 0. The quantitative estimate of drug-likeness (QED) is 0.541. The molecule has 1 atom stereocenters. The van der Waals surface area contributed by atoms with Crippen LogP contribution in [0, 0.1) is 5.41 Å². The van der Waals surface area contributed by atoms with Crippen LogP contribution >= 0.6 is 0 Å². The van der Waals surface area contributed by atoms with Crippen molar-refractivity contribution >= 4 is 5.97 Å². The molecule has 0 bridgehead atoms. The second-order valence-electron chi connectivity index (χ2n) is 4.47. The van der Waals surface area contributed by atoms with Crippen molar-refractivity contribution in [3.63, 3.8) is 0 Å². The molecule has 1 rings (SSSR count). The summed E-state index contributed by atoms with van der Waals surface area (Å²) in [5.74, 6) is -0.585. The van der Waals surface area contributed by atoms with E-state index in [9.17, 15) is 4.79 Å². The minimum absolute atomic E-state index is 0.238. The normalized spacial score (nSPS) is 29.0. The van der Waals surface area contributed by atoms with Crippen LogP contribution in [0.1, 0.15) is 34.6 Å². The molecule has 0 N–H and O–H groups in total. The van der Waals surface area contributed by atoms with Gasteiger partial charge in [-0.3, -0.25) is 0 Å². The van der Waals surface area contributed by atoms with Gasteiger partial charge in [0.2, 0.25) is 0 Å². The van der Waals surface area contributed by atoms with E-state index < -0.39 is 5.79 Å². The molecule has 0 aromatic rings. The first-order chi connectivity index (χ1) is 5.74. The lowest BCUT2D eigenvalue weighted by molar-refractivity contribution is -0.253. The fraction of sp³-hybridized carbons (Fsp3) is 0.700. The number of allylic oxidation sites excluding steroid dienone is 1. The average molecular weight is 184 g/mol. The molecule has 13 heavy (non-hydrogen) atoms. The van der Waals surface area contributed by atoms with E-state index in [1.165, 1.54) is 6.08 Å².